The van der Waals surface area contributed by atoms with Gasteiger partial charge in [-0.2, -0.15) is 0 Å². The van der Waals surface area contributed by atoms with Gasteiger partial charge in [0.1, 0.15) is 12.6 Å². The molecular weight excluding hydrogens is 806 g/mol. The third kappa shape index (κ3) is 44.6. The minimum atomic E-state index is -4.72. The Labute approximate surface area is 379 Å². The molecule has 11 nitrogen and oxygen atoms in total. The Hall–Kier alpha value is -2.04. The molecule has 3 atom stereocenters. The Bertz CT molecular complexity index is 1150. The molecule has 0 spiro atoms. The minimum absolute atomic E-state index is 0.162. The SMILES string of the molecule is CCCCCCC/C=C\C/C=C\CCCCCCCCCCCCCC(=O)OC(COC(=O)CCCCCCCCCCCCCCCCC)COP(=O)(O)OCC(N)C(=O)O. The maximum Gasteiger partial charge on any atom is 0.472 e. The molecule has 62 heavy (non-hydrogen) atoms. The van der Waals surface area contributed by atoms with E-state index in [2.05, 4.69) is 42.7 Å². The van der Waals surface area contributed by atoms with Gasteiger partial charge in [-0.1, -0.05) is 212 Å². The maximum atomic E-state index is 12.7. The molecule has 0 radical (unpaired) electrons. The molecule has 0 bridgehead atoms. The second-order valence-electron chi connectivity index (χ2n) is 17.3. The van der Waals surface area contributed by atoms with Crippen molar-refractivity contribution in [3.8, 4) is 0 Å². The van der Waals surface area contributed by atoms with Crippen molar-refractivity contribution in [2.24, 2.45) is 5.73 Å². The van der Waals surface area contributed by atoms with Crippen LogP contribution in [0.25, 0.3) is 0 Å². The average Bonchev–Trinajstić information content (AvgIpc) is 3.25. The summed E-state index contributed by atoms with van der Waals surface area (Å²) in [5.41, 5.74) is 5.35. The van der Waals surface area contributed by atoms with E-state index in [1.54, 1.807) is 0 Å². The zero-order chi connectivity index (χ0) is 45.6. The first-order chi connectivity index (χ1) is 30.1. The molecule has 0 fully saturated rings. The van der Waals surface area contributed by atoms with Gasteiger partial charge >= 0.3 is 25.7 Å². The summed E-state index contributed by atoms with van der Waals surface area (Å²) in [4.78, 5) is 46.1. The standard InChI is InChI=1S/C50H94NO10P/c1-3-5-7-9-11-13-15-17-19-20-21-22-23-24-25-26-28-30-32-34-36-38-40-42-49(53)61-46(44-59-62(56,57)60-45-47(51)50(54)55)43-58-48(52)41-39-37-35-33-31-29-27-18-16-14-12-10-8-6-4-2/h15,17,20-21,46-47H,3-14,16,18-19,22-45,51H2,1-2H3,(H,54,55)(H,56,57)/b17-15-,21-20-. The highest BCUT2D eigenvalue weighted by Crippen LogP contribution is 2.43. The summed E-state index contributed by atoms with van der Waals surface area (Å²) in [5, 5.41) is 8.91. The highest BCUT2D eigenvalue weighted by Gasteiger charge is 2.28. The van der Waals surface area contributed by atoms with Crippen LogP contribution in [0, 0.1) is 0 Å². The van der Waals surface area contributed by atoms with Crippen molar-refractivity contribution in [2.75, 3.05) is 19.8 Å². The average molecular weight is 900 g/mol. The van der Waals surface area contributed by atoms with Crippen LogP contribution < -0.4 is 5.73 Å². The van der Waals surface area contributed by atoms with Crippen LogP contribution in [-0.2, 0) is 37.5 Å². The number of unbranched alkanes of at least 4 members (excludes halogenated alkanes) is 30. The van der Waals surface area contributed by atoms with E-state index < -0.39 is 51.1 Å². The summed E-state index contributed by atoms with van der Waals surface area (Å²) in [5.74, 6) is -2.36. The number of rotatable bonds is 48. The Morgan fingerprint density at radius 2 is 0.855 bits per heavy atom. The largest absolute Gasteiger partial charge is 0.480 e. The van der Waals surface area contributed by atoms with E-state index in [1.807, 2.05) is 0 Å². The van der Waals surface area contributed by atoms with Crippen LogP contribution in [0.1, 0.15) is 245 Å². The number of carbonyl (C=O) groups excluding carboxylic acids is 2. The van der Waals surface area contributed by atoms with Gasteiger partial charge in [-0.25, -0.2) is 4.57 Å². The number of carbonyl (C=O) groups is 3. The summed E-state index contributed by atoms with van der Waals surface area (Å²) >= 11 is 0. The van der Waals surface area contributed by atoms with E-state index in [-0.39, 0.29) is 19.4 Å². The molecule has 0 aromatic rings. The zero-order valence-corrected chi connectivity index (χ0v) is 40.6. The van der Waals surface area contributed by atoms with E-state index in [0.717, 1.165) is 44.9 Å². The minimum Gasteiger partial charge on any atom is -0.480 e. The summed E-state index contributed by atoms with van der Waals surface area (Å²) in [6.45, 7) is 2.83. The normalized spacial score (nSPS) is 13.7. The van der Waals surface area contributed by atoms with Crippen molar-refractivity contribution in [1.29, 1.82) is 0 Å². The summed E-state index contributed by atoms with van der Waals surface area (Å²) in [7, 11) is -4.72. The van der Waals surface area contributed by atoms with Gasteiger partial charge in [0, 0.05) is 12.8 Å². The molecule has 12 heteroatoms. The molecule has 0 aliphatic carbocycles. The van der Waals surface area contributed by atoms with Crippen molar-refractivity contribution in [3.63, 3.8) is 0 Å². The molecule has 0 aromatic heterocycles. The number of esters is 2. The van der Waals surface area contributed by atoms with Crippen molar-refractivity contribution >= 4 is 25.7 Å². The van der Waals surface area contributed by atoms with E-state index in [1.165, 1.54) is 161 Å². The number of hydrogen-bond donors (Lipinski definition) is 3. The van der Waals surface area contributed by atoms with Gasteiger partial charge in [0.25, 0.3) is 0 Å². The topological polar surface area (TPSA) is 172 Å². The van der Waals surface area contributed by atoms with Crippen LogP contribution in [-0.4, -0.2) is 59.9 Å². The quantitative estimate of drug-likeness (QED) is 0.0230. The number of allylic oxidation sites excluding steroid dienone is 4. The predicted octanol–water partition coefficient (Wildman–Crippen LogP) is 14.2. The van der Waals surface area contributed by atoms with Crippen molar-refractivity contribution in [3.05, 3.63) is 24.3 Å². The first-order valence-corrected chi connectivity index (χ1v) is 26.9. The van der Waals surface area contributed by atoms with Crippen LogP contribution >= 0.6 is 7.82 Å². The van der Waals surface area contributed by atoms with E-state index in [4.69, 9.17) is 24.8 Å². The molecule has 0 saturated carbocycles. The summed E-state index contributed by atoms with van der Waals surface area (Å²) < 4.78 is 32.8. The Balaban J connectivity index is 4.21. The van der Waals surface area contributed by atoms with Gasteiger partial charge in [-0.05, 0) is 44.9 Å². The fourth-order valence-electron chi connectivity index (χ4n) is 7.22. The van der Waals surface area contributed by atoms with Crippen LogP contribution in [0.15, 0.2) is 24.3 Å². The van der Waals surface area contributed by atoms with Gasteiger partial charge in [0.15, 0.2) is 6.10 Å². The monoisotopic (exact) mass is 900 g/mol. The first-order valence-electron chi connectivity index (χ1n) is 25.4. The number of aliphatic carboxylic acids is 1. The Morgan fingerprint density at radius 1 is 0.500 bits per heavy atom. The summed E-state index contributed by atoms with van der Waals surface area (Å²) in [6.07, 6.45) is 49.5. The molecule has 0 aromatic carbocycles. The molecule has 3 unspecified atom stereocenters. The molecule has 0 saturated heterocycles. The second kappa shape index (κ2) is 45.5. The van der Waals surface area contributed by atoms with Gasteiger partial charge in [0.05, 0.1) is 13.2 Å². The maximum absolute atomic E-state index is 12.7. The third-order valence-electron chi connectivity index (χ3n) is 11.2. The highest BCUT2D eigenvalue weighted by molar-refractivity contribution is 7.47. The van der Waals surface area contributed by atoms with Crippen LogP contribution in [0.4, 0.5) is 0 Å². The number of hydrogen-bond acceptors (Lipinski definition) is 9. The third-order valence-corrected chi connectivity index (χ3v) is 12.2. The molecule has 0 amide bonds. The van der Waals surface area contributed by atoms with E-state index >= 15 is 0 Å². The fraction of sp³-hybridized carbons (Fsp3) is 0.860. The lowest BCUT2D eigenvalue weighted by molar-refractivity contribution is -0.161. The van der Waals surface area contributed by atoms with Crippen molar-refractivity contribution in [2.45, 2.75) is 257 Å². The number of ether oxygens (including phenoxy) is 2. The van der Waals surface area contributed by atoms with Gasteiger partial charge in [-0.15, -0.1) is 0 Å². The number of phosphoric ester groups is 1. The lowest BCUT2D eigenvalue weighted by Gasteiger charge is -2.20. The first kappa shape index (κ1) is 60.0. The molecule has 4 N–H and O–H groups in total. The molecule has 0 heterocycles. The van der Waals surface area contributed by atoms with Gasteiger partial charge in [0.2, 0.25) is 0 Å². The number of carboxylic acids is 1. The summed E-state index contributed by atoms with van der Waals surface area (Å²) in [6, 6.07) is -1.52. The van der Waals surface area contributed by atoms with Gasteiger partial charge in [-0.3, -0.25) is 23.4 Å². The number of nitrogens with two attached hydrogens (primary N) is 1. The Morgan fingerprint density at radius 3 is 1.26 bits per heavy atom. The number of phosphoric acid groups is 1. The second-order valence-corrected chi connectivity index (χ2v) is 18.8. The Kier molecular flexibility index (Phi) is 44.0. The van der Waals surface area contributed by atoms with Crippen LogP contribution in [0.5, 0.6) is 0 Å². The van der Waals surface area contributed by atoms with Crippen molar-refractivity contribution in [1.82, 2.24) is 0 Å². The fourth-order valence-corrected chi connectivity index (χ4v) is 7.99. The predicted molar refractivity (Wildman–Crippen MR) is 254 cm³/mol. The smallest absolute Gasteiger partial charge is 0.472 e. The van der Waals surface area contributed by atoms with Crippen molar-refractivity contribution < 1.29 is 47.5 Å². The van der Waals surface area contributed by atoms with E-state index in [0.29, 0.717) is 12.8 Å². The zero-order valence-electron chi connectivity index (χ0n) is 39.7. The number of carboxylic acid groups (broad SMARTS) is 1. The van der Waals surface area contributed by atoms with Crippen LogP contribution in [0.3, 0.4) is 0 Å². The molecule has 0 rings (SSSR count). The van der Waals surface area contributed by atoms with Gasteiger partial charge < -0.3 is 25.2 Å². The van der Waals surface area contributed by atoms with Crippen LogP contribution in [0.2, 0.25) is 0 Å². The molecule has 364 valence electrons. The molecule has 0 aliphatic heterocycles. The van der Waals surface area contributed by atoms with E-state index in [9.17, 15) is 23.8 Å². The lowest BCUT2D eigenvalue weighted by Crippen LogP contribution is -2.34. The highest BCUT2D eigenvalue weighted by atomic mass is 31.2. The lowest BCUT2D eigenvalue weighted by atomic mass is 10.0. The molecule has 0 aliphatic rings. The molecular formula is C50H94NO10P.